The summed E-state index contributed by atoms with van der Waals surface area (Å²) in [5.41, 5.74) is 0.977. The summed E-state index contributed by atoms with van der Waals surface area (Å²) >= 11 is 9.48. The third-order valence-electron chi connectivity index (χ3n) is 3.19. The van der Waals surface area contributed by atoms with E-state index in [1.807, 2.05) is 55.5 Å². The van der Waals surface area contributed by atoms with E-state index in [0.717, 1.165) is 10.0 Å². The first-order chi connectivity index (χ1) is 9.57. The normalized spacial score (nSPS) is 13.6. The van der Waals surface area contributed by atoms with E-state index in [4.69, 9.17) is 11.6 Å². The lowest BCUT2D eigenvalue weighted by Crippen LogP contribution is -2.45. The Morgan fingerprint density at radius 2 is 1.75 bits per heavy atom. The van der Waals surface area contributed by atoms with Gasteiger partial charge < -0.3 is 5.32 Å². The molecule has 0 saturated carbocycles. The number of nitrogens with one attached hydrogen (secondary N) is 1. The minimum absolute atomic E-state index is 0.149. The average molecular weight is 353 g/mol. The molecule has 2 nitrogen and oxygen atoms in total. The summed E-state index contributed by atoms with van der Waals surface area (Å²) in [5, 5.41) is 3.02. The molecule has 20 heavy (non-hydrogen) atoms. The number of carbonyl (C=O) groups is 1. The summed E-state index contributed by atoms with van der Waals surface area (Å²) in [4.78, 5) is 12.4. The monoisotopic (exact) mass is 351 g/mol. The van der Waals surface area contributed by atoms with E-state index in [9.17, 15) is 4.79 Å². The fraction of sp³-hybridized carbons (Fsp3) is 0.188. The van der Waals surface area contributed by atoms with E-state index in [-0.39, 0.29) is 5.91 Å². The van der Waals surface area contributed by atoms with Gasteiger partial charge in [-0.05, 0) is 40.5 Å². The van der Waals surface area contributed by atoms with Crippen molar-refractivity contribution < 1.29 is 4.79 Å². The first kappa shape index (κ1) is 15.1. The Balaban J connectivity index is 2.27. The molecule has 0 aliphatic rings. The van der Waals surface area contributed by atoms with Crippen LogP contribution in [0.15, 0.2) is 59.1 Å². The van der Waals surface area contributed by atoms with Crippen molar-refractivity contribution in [3.63, 3.8) is 0 Å². The Morgan fingerprint density at radius 1 is 1.15 bits per heavy atom. The zero-order valence-corrected chi connectivity index (χ0v) is 13.4. The maximum absolute atomic E-state index is 12.4. The van der Waals surface area contributed by atoms with Crippen LogP contribution >= 0.6 is 27.5 Å². The van der Waals surface area contributed by atoms with Crippen LogP contribution in [0.25, 0.3) is 0 Å². The average Bonchev–Trinajstić information content (AvgIpc) is 2.48. The van der Waals surface area contributed by atoms with Crippen LogP contribution in [-0.2, 0) is 5.54 Å². The number of rotatable bonds is 4. The zero-order valence-electron chi connectivity index (χ0n) is 11.1. The molecule has 104 valence electrons. The number of halogens is 2. The van der Waals surface area contributed by atoms with Gasteiger partial charge in [0.15, 0.2) is 0 Å². The molecule has 1 atom stereocenters. The van der Waals surface area contributed by atoms with Crippen LogP contribution in [-0.4, -0.2) is 11.8 Å². The second kappa shape index (κ2) is 6.42. The highest BCUT2D eigenvalue weighted by Crippen LogP contribution is 2.24. The van der Waals surface area contributed by atoms with Gasteiger partial charge in [-0.1, -0.05) is 42.5 Å². The van der Waals surface area contributed by atoms with Gasteiger partial charge in [0, 0.05) is 10.4 Å². The highest BCUT2D eigenvalue weighted by Gasteiger charge is 2.28. The predicted octanol–water partition coefficient (Wildman–Crippen LogP) is 4.33. The van der Waals surface area contributed by atoms with Gasteiger partial charge in [0.1, 0.15) is 0 Å². The lowest BCUT2D eigenvalue weighted by atomic mass is 9.93. The quantitative estimate of drug-likeness (QED) is 0.815. The van der Waals surface area contributed by atoms with E-state index in [2.05, 4.69) is 21.2 Å². The summed E-state index contributed by atoms with van der Waals surface area (Å²) in [6.07, 6.45) is 0. The second-order valence-corrected chi connectivity index (χ2v) is 5.89. The van der Waals surface area contributed by atoms with Crippen molar-refractivity contribution in [2.24, 2.45) is 0 Å². The van der Waals surface area contributed by atoms with E-state index in [1.54, 1.807) is 6.07 Å². The fourth-order valence-corrected chi connectivity index (χ4v) is 2.64. The van der Waals surface area contributed by atoms with E-state index < -0.39 is 5.54 Å². The highest BCUT2D eigenvalue weighted by molar-refractivity contribution is 9.10. The Hall–Kier alpha value is -1.32. The van der Waals surface area contributed by atoms with Gasteiger partial charge in [-0.3, -0.25) is 4.79 Å². The zero-order chi connectivity index (χ0) is 14.6. The summed E-state index contributed by atoms with van der Waals surface area (Å²) in [6, 6.07) is 17.1. The van der Waals surface area contributed by atoms with Crippen LogP contribution < -0.4 is 5.32 Å². The number of alkyl halides is 1. The lowest BCUT2D eigenvalue weighted by molar-refractivity contribution is 0.0912. The molecular formula is C16H15BrClNO. The molecule has 0 bridgehead atoms. The molecule has 1 unspecified atom stereocenters. The highest BCUT2D eigenvalue weighted by atomic mass is 79.9. The van der Waals surface area contributed by atoms with Gasteiger partial charge in [0.2, 0.25) is 0 Å². The number of carbonyl (C=O) groups excluding carboxylic acids is 1. The van der Waals surface area contributed by atoms with Crippen molar-refractivity contribution in [3.05, 3.63) is 70.2 Å². The molecule has 2 aromatic rings. The molecular weight excluding hydrogens is 338 g/mol. The molecule has 0 aromatic heterocycles. The maximum Gasteiger partial charge on any atom is 0.253 e. The molecule has 2 rings (SSSR count). The summed E-state index contributed by atoms with van der Waals surface area (Å²) in [6.45, 7) is 1.92. The van der Waals surface area contributed by atoms with Crippen LogP contribution in [0.3, 0.4) is 0 Å². The first-order valence-electron chi connectivity index (χ1n) is 6.25. The fourth-order valence-electron chi connectivity index (χ4n) is 1.95. The molecule has 0 heterocycles. The van der Waals surface area contributed by atoms with Gasteiger partial charge in [0.05, 0.1) is 11.1 Å². The number of hydrogen-bond acceptors (Lipinski definition) is 1. The smallest absolute Gasteiger partial charge is 0.253 e. The standard InChI is InChI=1S/C16H15BrClNO/c1-16(11-18,12-7-3-2-4-8-12)19-15(20)13-9-5-6-10-14(13)17/h2-10H,11H2,1H3,(H,19,20). The molecule has 0 aliphatic heterocycles. The van der Waals surface area contributed by atoms with Crippen molar-refractivity contribution in [1.29, 1.82) is 0 Å². The van der Waals surface area contributed by atoms with Crippen LogP contribution in [0.4, 0.5) is 0 Å². The van der Waals surface area contributed by atoms with Crippen molar-refractivity contribution in [2.75, 3.05) is 5.88 Å². The third-order valence-corrected chi connectivity index (χ3v) is 4.41. The minimum atomic E-state index is -0.602. The molecule has 0 saturated heterocycles. The van der Waals surface area contributed by atoms with Crippen LogP contribution in [0, 0.1) is 0 Å². The molecule has 1 N–H and O–H groups in total. The van der Waals surface area contributed by atoms with Gasteiger partial charge in [-0.25, -0.2) is 0 Å². The van der Waals surface area contributed by atoms with Gasteiger partial charge in [0.25, 0.3) is 5.91 Å². The lowest BCUT2D eigenvalue weighted by Gasteiger charge is -2.29. The Morgan fingerprint density at radius 3 is 2.35 bits per heavy atom. The van der Waals surface area contributed by atoms with Crippen LogP contribution in [0.5, 0.6) is 0 Å². The Labute approximate surface area is 132 Å². The minimum Gasteiger partial charge on any atom is -0.342 e. The van der Waals surface area contributed by atoms with Crippen molar-refractivity contribution >= 4 is 33.4 Å². The van der Waals surface area contributed by atoms with Crippen molar-refractivity contribution in [2.45, 2.75) is 12.5 Å². The summed E-state index contributed by atoms with van der Waals surface area (Å²) in [5.74, 6) is 0.150. The Kier molecular flexibility index (Phi) is 4.84. The second-order valence-electron chi connectivity index (χ2n) is 4.77. The predicted molar refractivity (Wildman–Crippen MR) is 86.1 cm³/mol. The summed E-state index contributed by atoms with van der Waals surface area (Å²) < 4.78 is 0.766. The number of benzene rings is 2. The van der Waals surface area contributed by atoms with Crippen molar-refractivity contribution in [1.82, 2.24) is 5.32 Å². The molecule has 1 amide bonds. The largest absolute Gasteiger partial charge is 0.342 e. The van der Waals surface area contributed by atoms with Crippen LogP contribution in [0.2, 0.25) is 0 Å². The molecule has 2 aromatic carbocycles. The molecule has 0 fully saturated rings. The number of hydrogen-bond donors (Lipinski definition) is 1. The SMILES string of the molecule is CC(CCl)(NC(=O)c1ccccc1Br)c1ccccc1. The molecule has 0 radical (unpaired) electrons. The Bertz CT molecular complexity index is 602. The summed E-state index contributed by atoms with van der Waals surface area (Å²) in [7, 11) is 0. The first-order valence-corrected chi connectivity index (χ1v) is 7.58. The third kappa shape index (κ3) is 3.22. The number of amides is 1. The van der Waals surface area contributed by atoms with E-state index in [1.165, 1.54) is 0 Å². The van der Waals surface area contributed by atoms with Crippen LogP contribution in [0.1, 0.15) is 22.8 Å². The van der Waals surface area contributed by atoms with Gasteiger partial charge in [-0.15, -0.1) is 11.6 Å². The van der Waals surface area contributed by atoms with Crippen molar-refractivity contribution in [3.8, 4) is 0 Å². The van der Waals surface area contributed by atoms with E-state index in [0.29, 0.717) is 11.4 Å². The topological polar surface area (TPSA) is 29.1 Å². The molecule has 0 aliphatic carbocycles. The van der Waals surface area contributed by atoms with Gasteiger partial charge in [-0.2, -0.15) is 0 Å². The van der Waals surface area contributed by atoms with Gasteiger partial charge >= 0.3 is 0 Å². The maximum atomic E-state index is 12.4. The van der Waals surface area contributed by atoms with E-state index >= 15 is 0 Å². The molecule has 0 spiro atoms. The molecule has 4 heteroatoms.